The van der Waals surface area contributed by atoms with Crippen LogP contribution in [0, 0.1) is 25.7 Å². The maximum atomic E-state index is 15.3. The number of hydrogen-bond acceptors (Lipinski definition) is 7. The van der Waals surface area contributed by atoms with Gasteiger partial charge in [-0.25, -0.2) is 0 Å². The summed E-state index contributed by atoms with van der Waals surface area (Å²) in [4.78, 5) is 62.7. The van der Waals surface area contributed by atoms with Gasteiger partial charge in [-0.15, -0.1) is 13.2 Å². The number of aliphatic hydroxyl groups is 1. The molecule has 0 radical (unpaired) electrons. The molecule has 1 spiro atoms. The number of anilines is 1. The standard InChI is InChI=1S/C44H50BrN3O7/c1-7-9-20-35(50)46(6)29(5)38(31-18-14-11-15-19-31)54-43(53)36-37-41(51)48(34(26-49)30-16-12-10-13-17-30)40(44(37)25-32(45)39(36)55-44)42(52)47(23-8-2)33-24-27(3)21-22-28(33)4/h7-8,10-19,21-22,24,29,32,34,36-40,49H,1-2,9,20,23,25-26H2,3-6H3/t29-,32?,34-,36+,37-,38+,39+,40+,44-/m1/s1. The van der Waals surface area contributed by atoms with Crippen molar-refractivity contribution in [1.82, 2.24) is 9.80 Å². The third kappa shape index (κ3) is 7.30. The van der Waals surface area contributed by atoms with E-state index in [-0.39, 0.29) is 25.3 Å². The van der Waals surface area contributed by atoms with Gasteiger partial charge in [0, 0.05) is 30.5 Å². The van der Waals surface area contributed by atoms with Gasteiger partial charge in [0.05, 0.1) is 36.6 Å². The lowest BCUT2D eigenvalue weighted by atomic mass is 9.70. The average Bonchev–Trinajstić information content (AvgIpc) is 3.79. The molecule has 3 fully saturated rings. The largest absolute Gasteiger partial charge is 0.455 e. The van der Waals surface area contributed by atoms with E-state index < -0.39 is 77.0 Å². The Bertz CT molecular complexity index is 1920. The Hall–Kier alpha value is -4.58. The van der Waals surface area contributed by atoms with Gasteiger partial charge in [-0.05, 0) is 61.9 Å². The molecule has 3 heterocycles. The van der Waals surface area contributed by atoms with E-state index in [4.69, 9.17) is 9.47 Å². The fourth-order valence-electron chi connectivity index (χ4n) is 8.70. The first-order valence-corrected chi connectivity index (χ1v) is 19.7. The number of rotatable bonds is 15. The normalized spacial score (nSPS) is 25.5. The summed E-state index contributed by atoms with van der Waals surface area (Å²) in [6.07, 6.45) is 2.70. The van der Waals surface area contributed by atoms with Crippen molar-refractivity contribution in [2.75, 3.05) is 25.1 Å². The molecular formula is C44H50BrN3O7. The highest BCUT2D eigenvalue weighted by atomic mass is 79.9. The minimum atomic E-state index is -1.43. The molecule has 9 atom stereocenters. The Morgan fingerprint density at radius 3 is 2.31 bits per heavy atom. The maximum Gasteiger partial charge on any atom is 0.313 e. The van der Waals surface area contributed by atoms with Gasteiger partial charge in [-0.2, -0.15) is 0 Å². The predicted octanol–water partition coefficient (Wildman–Crippen LogP) is 6.40. The molecule has 3 aromatic rings. The topological polar surface area (TPSA) is 117 Å². The summed E-state index contributed by atoms with van der Waals surface area (Å²) >= 11 is 3.78. The molecule has 2 bridgehead atoms. The van der Waals surface area contributed by atoms with Crippen LogP contribution in [0.3, 0.4) is 0 Å². The Labute approximate surface area is 331 Å². The highest BCUT2D eigenvalue weighted by molar-refractivity contribution is 9.09. The van der Waals surface area contributed by atoms with Gasteiger partial charge in [0.25, 0.3) is 5.91 Å². The number of carbonyl (C=O) groups is 4. The molecule has 1 N–H and O–H groups in total. The van der Waals surface area contributed by atoms with Gasteiger partial charge in [-0.1, -0.05) is 101 Å². The van der Waals surface area contributed by atoms with Crippen molar-refractivity contribution in [3.8, 4) is 0 Å². The van der Waals surface area contributed by atoms with Crippen LogP contribution in [0.15, 0.2) is 104 Å². The minimum Gasteiger partial charge on any atom is -0.455 e. The first-order valence-electron chi connectivity index (χ1n) is 18.8. The van der Waals surface area contributed by atoms with Crippen LogP contribution in [0.5, 0.6) is 0 Å². The minimum absolute atomic E-state index is 0.126. The van der Waals surface area contributed by atoms with Crippen LogP contribution < -0.4 is 4.90 Å². The molecule has 10 nitrogen and oxygen atoms in total. The van der Waals surface area contributed by atoms with Crippen LogP contribution in [0.4, 0.5) is 5.69 Å². The molecule has 3 aliphatic heterocycles. The van der Waals surface area contributed by atoms with Crippen molar-refractivity contribution in [2.45, 2.75) is 80.8 Å². The molecule has 3 amide bonds. The van der Waals surface area contributed by atoms with Crippen LogP contribution in [-0.2, 0) is 28.7 Å². The van der Waals surface area contributed by atoms with Gasteiger partial charge >= 0.3 is 5.97 Å². The quantitative estimate of drug-likeness (QED) is 0.107. The number of hydrogen-bond donors (Lipinski definition) is 1. The number of halogens is 1. The zero-order chi connectivity index (χ0) is 39.6. The van der Waals surface area contributed by atoms with E-state index >= 15 is 9.59 Å². The highest BCUT2D eigenvalue weighted by Crippen LogP contribution is 2.62. The Kier molecular flexibility index (Phi) is 12.1. The smallest absolute Gasteiger partial charge is 0.313 e. The predicted molar refractivity (Wildman–Crippen MR) is 214 cm³/mol. The highest BCUT2D eigenvalue weighted by Gasteiger charge is 2.78. The number of nitrogens with zero attached hydrogens (tertiary/aromatic N) is 3. The van der Waals surface area contributed by atoms with Crippen molar-refractivity contribution < 1.29 is 33.8 Å². The van der Waals surface area contributed by atoms with E-state index in [0.717, 1.165) is 11.1 Å². The van der Waals surface area contributed by atoms with E-state index in [0.29, 0.717) is 23.2 Å². The van der Waals surface area contributed by atoms with Crippen LogP contribution >= 0.6 is 15.9 Å². The van der Waals surface area contributed by atoms with Crippen molar-refractivity contribution in [2.24, 2.45) is 11.8 Å². The molecular weight excluding hydrogens is 762 g/mol. The van der Waals surface area contributed by atoms with Crippen molar-refractivity contribution in [3.63, 3.8) is 0 Å². The molecule has 0 aromatic heterocycles. The van der Waals surface area contributed by atoms with Crippen LogP contribution in [0.1, 0.15) is 60.6 Å². The van der Waals surface area contributed by atoms with Crippen molar-refractivity contribution >= 4 is 45.3 Å². The number of aryl methyl sites for hydroxylation is 2. The SMILES string of the molecule is C=CCCC(=O)N(C)[C@H](C)[C@H](OC(=O)[C@@H]1[C@H]2O[C@@]3(CC2Br)[C@H](C(=O)N(CC=C)c2cc(C)ccc2C)N([C@H](CO)c2ccccc2)C(=O)[C@@H]13)c1ccccc1. The van der Waals surface area contributed by atoms with Crippen molar-refractivity contribution in [3.05, 3.63) is 126 Å². The Morgan fingerprint density at radius 2 is 1.69 bits per heavy atom. The average molecular weight is 813 g/mol. The number of allylic oxidation sites excluding steroid dienone is 1. The summed E-state index contributed by atoms with van der Waals surface area (Å²) in [5.74, 6) is -3.83. The number of carbonyl (C=O) groups excluding carboxylic acids is 4. The monoisotopic (exact) mass is 811 g/mol. The third-order valence-electron chi connectivity index (χ3n) is 11.5. The number of likely N-dealkylation sites (N-methyl/N-ethyl adjacent to an activating group) is 1. The summed E-state index contributed by atoms with van der Waals surface area (Å²) in [5, 5.41) is 11.0. The molecule has 11 heteroatoms. The molecule has 290 valence electrons. The lowest BCUT2D eigenvalue weighted by Crippen LogP contribution is -2.57. The third-order valence-corrected chi connectivity index (χ3v) is 12.4. The number of fused-ring (bicyclic) bond motifs is 1. The first kappa shape index (κ1) is 40.1. The molecule has 3 saturated heterocycles. The van der Waals surface area contributed by atoms with Crippen LogP contribution in [0.2, 0.25) is 0 Å². The maximum absolute atomic E-state index is 15.3. The van der Waals surface area contributed by atoms with Gasteiger partial charge in [0.2, 0.25) is 11.8 Å². The fourth-order valence-corrected chi connectivity index (χ4v) is 9.64. The molecule has 55 heavy (non-hydrogen) atoms. The van der Waals surface area contributed by atoms with E-state index in [2.05, 4.69) is 29.1 Å². The van der Waals surface area contributed by atoms with E-state index in [1.54, 1.807) is 29.0 Å². The Balaban J connectivity index is 1.44. The number of amides is 3. The zero-order valence-corrected chi connectivity index (χ0v) is 33.4. The van der Waals surface area contributed by atoms with Crippen LogP contribution in [-0.4, -0.2) is 87.4 Å². The first-order chi connectivity index (χ1) is 26.4. The summed E-state index contributed by atoms with van der Waals surface area (Å²) in [7, 11) is 1.68. The second kappa shape index (κ2) is 16.6. The van der Waals surface area contributed by atoms with Gasteiger partial charge in [0.1, 0.15) is 17.7 Å². The molecule has 3 aromatic carbocycles. The molecule has 1 unspecified atom stereocenters. The van der Waals surface area contributed by atoms with E-state index in [1.807, 2.05) is 99.6 Å². The Morgan fingerprint density at radius 1 is 1.04 bits per heavy atom. The second-order valence-electron chi connectivity index (χ2n) is 14.9. The molecule has 6 rings (SSSR count). The second-order valence-corrected chi connectivity index (χ2v) is 16.1. The number of ether oxygens (including phenoxy) is 2. The summed E-state index contributed by atoms with van der Waals surface area (Å²) in [5.41, 5.74) is 2.38. The van der Waals surface area contributed by atoms with Gasteiger partial charge in [-0.3, -0.25) is 19.2 Å². The van der Waals surface area contributed by atoms with Crippen molar-refractivity contribution in [1.29, 1.82) is 0 Å². The summed E-state index contributed by atoms with van der Waals surface area (Å²) in [6, 6.07) is 21.5. The number of benzene rings is 3. The molecule has 0 saturated carbocycles. The van der Waals surface area contributed by atoms with Gasteiger partial charge in [0.15, 0.2) is 0 Å². The summed E-state index contributed by atoms with van der Waals surface area (Å²) < 4.78 is 13.3. The number of aliphatic hydroxyl groups excluding tert-OH is 1. The molecule has 3 aliphatic rings. The number of alkyl halides is 1. The number of likely N-dealkylation sites (tertiary alicyclic amines) is 1. The van der Waals surface area contributed by atoms with E-state index in [1.165, 1.54) is 4.90 Å². The summed E-state index contributed by atoms with van der Waals surface area (Å²) in [6.45, 7) is 13.0. The zero-order valence-electron chi connectivity index (χ0n) is 31.8. The van der Waals surface area contributed by atoms with Crippen LogP contribution in [0.25, 0.3) is 0 Å². The lowest BCUT2D eigenvalue weighted by molar-refractivity contribution is -0.165. The fraction of sp³-hybridized carbons (Fsp3) is 0.409. The van der Waals surface area contributed by atoms with E-state index in [9.17, 15) is 14.7 Å². The number of esters is 1. The lowest BCUT2D eigenvalue weighted by Gasteiger charge is -2.39. The van der Waals surface area contributed by atoms with Gasteiger partial charge < -0.3 is 29.3 Å². The molecule has 0 aliphatic carbocycles.